The van der Waals surface area contributed by atoms with Gasteiger partial charge in [-0.15, -0.1) is 0 Å². The first-order chi connectivity index (χ1) is 8.24. The Bertz CT molecular complexity index is 434. The van der Waals surface area contributed by atoms with Crippen LogP contribution in [0.5, 0.6) is 0 Å². The van der Waals surface area contributed by atoms with Crippen molar-refractivity contribution < 1.29 is 0 Å². The van der Waals surface area contributed by atoms with Crippen LogP contribution in [0, 0.1) is 18.3 Å². The average Bonchev–Trinajstić information content (AvgIpc) is 3.13. The summed E-state index contributed by atoms with van der Waals surface area (Å²) >= 11 is 0. The SMILES string of the molecule is Cc1cc(N(CCC#N)C2CC2)nc(NN)n1. The molecule has 0 atom stereocenters. The highest BCUT2D eigenvalue weighted by Crippen LogP contribution is 2.31. The number of aromatic nitrogens is 2. The Morgan fingerprint density at radius 1 is 1.59 bits per heavy atom. The molecular formula is C11H16N6. The van der Waals surface area contributed by atoms with Gasteiger partial charge >= 0.3 is 0 Å². The highest BCUT2D eigenvalue weighted by molar-refractivity contribution is 5.46. The molecule has 0 bridgehead atoms. The zero-order chi connectivity index (χ0) is 12.3. The number of nitrogens with zero attached hydrogens (tertiary/aromatic N) is 4. The molecule has 0 spiro atoms. The lowest BCUT2D eigenvalue weighted by atomic mass is 10.3. The topological polar surface area (TPSA) is 90.9 Å². The summed E-state index contributed by atoms with van der Waals surface area (Å²) in [4.78, 5) is 10.7. The summed E-state index contributed by atoms with van der Waals surface area (Å²) in [5, 5.41) is 8.68. The molecule has 1 aliphatic rings. The molecule has 0 amide bonds. The second-order valence-corrected chi connectivity index (χ2v) is 4.17. The number of nitrogen functional groups attached to an aromatic ring is 1. The maximum Gasteiger partial charge on any atom is 0.239 e. The molecular weight excluding hydrogens is 216 g/mol. The smallest absolute Gasteiger partial charge is 0.239 e. The molecule has 1 heterocycles. The summed E-state index contributed by atoms with van der Waals surface area (Å²) in [6.07, 6.45) is 2.84. The van der Waals surface area contributed by atoms with Gasteiger partial charge in [-0.3, -0.25) is 5.43 Å². The Morgan fingerprint density at radius 2 is 2.35 bits per heavy atom. The van der Waals surface area contributed by atoms with Crippen molar-refractivity contribution in [2.24, 2.45) is 5.84 Å². The van der Waals surface area contributed by atoms with E-state index in [0.29, 0.717) is 25.0 Å². The molecule has 3 N–H and O–H groups in total. The number of hydrogen-bond donors (Lipinski definition) is 2. The van der Waals surface area contributed by atoms with Crippen molar-refractivity contribution in [2.75, 3.05) is 16.9 Å². The summed E-state index contributed by atoms with van der Waals surface area (Å²) in [6.45, 7) is 2.61. The minimum absolute atomic E-state index is 0.419. The van der Waals surface area contributed by atoms with Crippen molar-refractivity contribution >= 4 is 11.8 Å². The zero-order valence-corrected chi connectivity index (χ0v) is 9.85. The van der Waals surface area contributed by atoms with Gasteiger partial charge in [0.05, 0.1) is 12.5 Å². The van der Waals surface area contributed by atoms with Crippen LogP contribution >= 0.6 is 0 Å². The minimum atomic E-state index is 0.419. The van der Waals surface area contributed by atoms with E-state index >= 15 is 0 Å². The molecule has 0 unspecified atom stereocenters. The second-order valence-electron chi connectivity index (χ2n) is 4.17. The van der Waals surface area contributed by atoms with Gasteiger partial charge in [-0.05, 0) is 19.8 Å². The zero-order valence-electron chi connectivity index (χ0n) is 9.85. The first-order valence-corrected chi connectivity index (χ1v) is 5.70. The molecule has 0 aromatic carbocycles. The van der Waals surface area contributed by atoms with Crippen molar-refractivity contribution in [3.8, 4) is 6.07 Å². The molecule has 1 aliphatic carbocycles. The summed E-state index contributed by atoms with van der Waals surface area (Å²) in [7, 11) is 0. The number of nitriles is 1. The van der Waals surface area contributed by atoms with E-state index in [0.717, 1.165) is 11.5 Å². The molecule has 2 rings (SSSR count). The third-order valence-electron chi connectivity index (χ3n) is 2.72. The van der Waals surface area contributed by atoms with Gasteiger partial charge in [-0.25, -0.2) is 10.8 Å². The standard InChI is InChI=1S/C11H16N6/c1-8-7-10(15-11(14-8)16-13)17(6-2-5-12)9-3-4-9/h7,9H,2-4,6,13H2,1H3,(H,14,15,16). The Labute approximate surface area is 100 Å². The lowest BCUT2D eigenvalue weighted by Gasteiger charge is -2.22. The third-order valence-corrected chi connectivity index (χ3v) is 2.72. The van der Waals surface area contributed by atoms with Crippen LogP contribution in [0.1, 0.15) is 25.0 Å². The fourth-order valence-electron chi connectivity index (χ4n) is 1.80. The van der Waals surface area contributed by atoms with Crippen LogP contribution in [0.15, 0.2) is 6.07 Å². The quantitative estimate of drug-likeness (QED) is 0.580. The van der Waals surface area contributed by atoms with Gasteiger partial charge in [0, 0.05) is 24.3 Å². The van der Waals surface area contributed by atoms with Crippen LogP contribution in [-0.4, -0.2) is 22.6 Å². The molecule has 0 aliphatic heterocycles. The van der Waals surface area contributed by atoms with E-state index in [4.69, 9.17) is 11.1 Å². The average molecular weight is 232 g/mol. The van der Waals surface area contributed by atoms with E-state index in [-0.39, 0.29) is 0 Å². The molecule has 6 heteroatoms. The summed E-state index contributed by atoms with van der Waals surface area (Å²) in [5.41, 5.74) is 3.33. The predicted octanol–water partition coefficient (Wildman–Crippen LogP) is 0.953. The predicted molar refractivity (Wildman–Crippen MR) is 65.2 cm³/mol. The highest BCUT2D eigenvalue weighted by atomic mass is 15.3. The van der Waals surface area contributed by atoms with E-state index in [1.807, 2.05) is 13.0 Å². The number of hydrazine groups is 1. The van der Waals surface area contributed by atoms with Crippen molar-refractivity contribution in [3.05, 3.63) is 11.8 Å². The van der Waals surface area contributed by atoms with Gasteiger partial charge in [0.2, 0.25) is 5.95 Å². The molecule has 0 saturated heterocycles. The second kappa shape index (κ2) is 4.97. The van der Waals surface area contributed by atoms with Gasteiger partial charge in [0.1, 0.15) is 5.82 Å². The van der Waals surface area contributed by atoms with Gasteiger partial charge in [-0.1, -0.05) is 0 Å². The van der Waals surface area contributed by atoms with E-state index in [1.165, 1.54) is 12.8 Å². The molecule has 0 radical (unpaired) electrons. The van der Waals surface area contributed by atoms with Gasteiger partial charge in [0.15, 0.2) is 0 Å². The first kappa shape index (κ1) is 11.6. The van der Waals surface area contributed by atoms with Crippen LogP contribution in [-0.2, 0) is 0 Å². The first-order valence-electron chi connectivity index (χ1n) is 5.70. The number of hydrogen-bond acceptors (Lipinski definition) is 6. The molecule has 17 heavy (non-hydrogen) atoms. The van der Waals surface area contributed by atoms with Crippen molar-refractivity contribution in [1.82, 2.24) is 9.97 Å². The van der Waals surface area contributed by atoms with Crippen LogP contribution in [0.25, 0.3) is 0 Å². The lowest BCUT2D eigenvalue weighted by molar-refractivity contribution is 0.774. The Hall–Kier alpha value is -1.87. The summed E-state index contributed by atoms with van der Waals surface area (Å²) in [6, 6.07) is 4.61. The van der Waals surface area contributed by atoms with Crippen molar-refractivity contribution in [1.29, 1.82) is 5.26 Å². The normalized spacial score (nSPS) is 14.2. The van der Waals surface area contributed by atoms with Crippen molar-refractivity contribution in [3.63, 3.8) is 0 Å². The number of nitrogens with two attached hydrogens (primary N) is 1. The lowest BCUT2D eigenvalue weighted by Crippen LogP contribution is -2.28. The molecule has 6 nitrogen and oxygen atoms in total. The Morgan fingerprint density at radius 3 is 2.94 bits per heavy atom. The van der Waals surface area contributed by atoms with Crippen LogP contribution < -0.4 is 16.2 Å². The highest BCUT2D eigenvalue weighted by Gasteiger charge is 2.30. The van der Waals surface area contributed by atoms with E-state index in [1.54, 1.807) is 0 Å². The van der Waals surface area contributed by atoms with E-state index in [9.17, 15) is 0 Å². The van der Waals surface area contributed by atoms with E-state index in [2.05, 4.69) is 26.4 Å². The third kappa shape index (κ3) is 2.82. The number of aryl methyl sites for hydroxylation is 1. The van der Waals surface area contributed by atoms with Crippen LogP contribution in [0.4, 0.5) is 11.8 Å². The largest absolute Gasteiger partial charge is 0.352 e. The number of rotatable bonds is 5. The van der Waals surface area contributed by atoms with Crippen LogP contribution in [0.2, 0.25) is 0 Å². The van der Waals surface area contributed by atoms with Gasteiger partial charge in [-0.2, -0.15) is 10.2 Å². The minimum Gasteiger partial charge on any atom is -0.352 e. The molecule has 1 aromatic heterocycles. The van der Waals surface area contributed by atoms with Crippen molar-refractivity contribution in [2.45, 2.75) is 32.2 Å². The fraction of sp³-hybridized carbons (Fsp3) is 0.545. The van der Waals surface area contributed by atoms with Gasteiger partial charge in [0.25, 0.3) is 0 Å². The Kier molecular flexibility index (Phi) is 3.40. The maximum atomic E-state index is 8.68. The number of nitrogens with one attached hydrogen (secondary N) is 1. The molecule has 1 saturated carbocycles. The summed E-state index contributed by atoms with van der Waals surface area (Å²) < 4.78 is 0. The van der Waals surface area contributed by atoms with E-state index < -0.39 is 0 Å². The molecule has 90 valence electrons. The van der Waals surface area contributed by atoms with Crippen LogP contribution in [0.3, 0.4) is 0 Å². The summed E-state index contributed by atoms with van der Waals surface area (Å²) in [5.74, 6) is 6.60. The molecule has 1 aromatic rings. The number of anilines is 2. The monoisotopic (exact) mass is 232 g/mol. The fourth-order valence-corrected chi connectivity index (χ4v) is 1.80. The Balaban J connectivity index is 2.22. The maximum absolute atomic E-state index is 8.68. The molecule has 1 fully saturated rings. The van der Waals surface area contributed by atoms with Gasteiger partial charge < -0.3 is 4.90 Å².